The van der Waals surface area contributed by atoms with Crippen molar-refractivity contribution in [1.82, 2.24) is 15.1 Å². The van der Waals surface area contributed by atoms with Gasteiger partial charge in [0.25, 0.3) is 0 Å². The number of thiocarbonyl (C=S) groups is 1. The van der Waals surface area contributed by atoms with Crippen LogP contribution >= 0.6 is 35.4 Å². The fourth-order valence-electron chi connectivity index (χ4n) is 2.65. The van der Waals surface area contributed by atoms with Crippen molar-refractivity contribution in [3.8, 4) is 11.8 Å². The molecule has 1 saturated heterocycles. The molecule has 1 aliphatic rings. The molecular formula is C18H22Cl2N4O2S. The van der Waals surface area contributed by atoms with Crippen LogP contribution in [0.5, 0.6) is 5.75 Å². The van der Waals surface area contributed by atoms with E-state index in [9.17, 15) is 4.79 Å². The minimum atomic E-state index is -0.127. The number of piperazine rings is 1. The van der Waals surface area contributed by atoms with Gasteiger partial charge in [0.1, 0.15) is 5.75 Å². The van der Waals surface area contributed by atoms with E-state index in [-0.39, 0.29) is 5.91 Å². The Hall–Kier alpha value is -1.59. The average molecular weight is 429 g/mol. The van der Waals surface area contributed by atoms with Crippen LogP contribution in [-0.2, 0) is 4.79 Å². The second-order valence-electron chi connectivity index (χ2n) is 6.12. The molecule has 1 aliphatic heterocycles. The molecule has 6 nitrogen and oxygen atoms in total. The summed E-state index contributed by atoms with van der Waals surface area (Å²) in [5, 5.41) is 12.9. The number of hydrogen-bond acceptors (Lipinski definition) is 5. The molecule has 0 spiro atoms. The Labute approximate surface area is 175 Å². The molecule has 0 atom stereocenters. The number of ether oxygens (including phenoxy) is 1. The molecule has 1 aromatic rings. The summed E-state index contributed by atoms with van der Waals surface area (Å²) in [5.74, 6) is 0.420. The van der Waals surface area contributed by atoms with Gasteiger partial charge in [0.05, 0.1) is 17.7 Å². The highest BCUT2D eigenvalue weighted by atomic mass is 35.5. The minimum absolute atomic E-state index is 0.127. The van der Waals surface area contributed by atoms with E-state index in [4.69, 9.17) is 45.4 Å². The van der Waals surface area contributed by atoms with Crippen molar-refractivity contribution in [2.75, 3.05) is 39.3 Å². The van der Waals surface area contributed by atoms with Crippen molar-refractivity contribution < 1.29 is 9.53 Å². The van der Waals surface area contributed by atoms with Gasteiger partial charge in [-0.1, -0.05) is 23.2 Å². The summed E-state index contributed by atoms with van der Waals surface area (Å²) in [4.78, 5) is 16.3. The first kappa shape index (κ1) is 21.7. The van der Waals surface area contributed by atoms with E-state index in [0.29, 0.717) is 46.8 Å². The van der Waals surface area contributed by atoms with Crippen LogP contribution in [0.15, 0.2) is 18.2 Å². The van der Waals surface area contributed by atoms with Gasteiger partial charge < -0.3 is 15.0 Å². The van der Waals surface area contributed by atoms with Crippen LogP contribution in [0.4, 0.5) is 0 Å². The number of amides is 1. The Morgan fingerprint density at radius 1 is 1.30 bits per heavy atom. The molecule has 1 heterocycles. The Balaban J connectivity index is 1.63. The maximum atomic E-state index is 12.1. The molecule has 1 fully saturated rings. The van der Waals surface area contributed by atoms with Crippen molar-refractivity contribution in [2.45, 2.75) is 19.3 Å². The molecule has 0 radical (unpaired) electrons. The zero-order chi connectivity index (χ0) is 19.6. The lowest BCUT2D eigenvalue weighted by atomic mass is 10.3. The van der Waals surface area contributed by atoms with Gasteiger partial charge >= 0.3 is 0 Å². The number of benzene rings is 1. The van der Waals surface area contributed by atoms with E-state index < -0.39 is 0 Å². The third-order valence-electron chi connectivity index (χ3n) is 4.15. The Kier molecular flexibility index (Phi) is 9.08. The summed E-state index contributed by atoms with van der Waals surface area (Å²) in [7, 11) is 0. The van der Waals surface area contributed by atoms with Crippen molar-refractivity contribution in [3.05, 3.63) is 28.2 Å². The third-order valence-corrected chi connectivity index (χ3v) is 5.04. The highest BCUT2D eigenvalue weighted by molar-refractivity contribution is 7.80. The van der Waals surface area contributed by atoms with Crippen LogP contribution in [-0.4, -0.2) is 60.2 Å². The first-order valence-electron chi connectivity index (χ1n) is 8.75. The smallest absolute Gasteiger partial charge is 0.226 e. The molecule has 1 N–H and O–H groups in total. The predicted molar refractivity (Wildman–Crippen MR) is 110 cm³/mol. The number of hydrogen-bond donors (Lipinski definition) is 1. The SMILES string of the molecule is N#CCCN1CCN(C(=S)NC(=O)CCCOc2ccc(Cl)cc2Cl)CC1. The van der Waals surface area contributed by atoms with Crippen LogP contribution in [0, 0.1) is 11.3 Å². The standard InChI is InChI=1S/C18H22Cl2N4O2S/c19-14-4-5-16(15(20)13-14)26-12-1-3-17(25)22-18(27)24-10-8-23(9-11-24)7-2-6-21/h4-5,13H,1-3,7-12H2,(H,22,25,27). The third kappa shape index (κ3) is 7.51. The summed E-state index contributed by atoms with van der Waals surface area (Å²) in [5.41, 5.74) is 0. The molecule has 1 aromatic carbocycles. The largest absolute Gasteiger partial charge is 0.492 e. The number of nitriles is 1. The second-order valence-corrected chi connectivity index (χ2v) is 7.35. The van der Waals surface area contributed by atoms with Crippen molar-refractivity contribution >= 4 is 46.4 Å². The monoisotopic (exact) mass is 428 g/mol. The first-order valence-corrected chi connectivity index (χ1v) is 9.92. The fourth-order valence-corrected chi connectivity index (χ4v) is 3.41. The van der Waals surface area contributed by atoms with Crippen LogP contribution in [0.2, 0.25) is 10.0 Å². The molecule has 1 amide bonds. The fraction of sp³-hybridized carbons (Fsp3) is 0.500. The van der Waals surface area contributed by atoms with Crippen LogP contribution in [0.3, 0.4) is 0 Å². The molecule has 0 aromatic heterocycles. The zero-order valence-corrected chi connectivity index (χ0v) is 17.2. The lowest BCUT2D eigenvalue weighted by molar-refractivity contribution is -0.120. The molecule has 146 valence electrons. The number of rotatable bonds is 7. The maximum Gasteiger partial charge on any atom is 0.226 e. The molecular weight excluding hydrogens is 407 g/mol. The quantitative estimate of drug-likeness (QED) is 0.531. The topological polar surface area (TPSA) is 68.6 Å². The van der Waals surface area contributed by atoms with Gasteiger partial charge in [-0.05, 0) is 36.8 Å². The van der Waals surface area contributed by atoms with Crippen LogP contribution < -0.4 is 10.1 Å². The summed E-state index contributed by atoms with van der Waals surface area (Å²) < 4.78 is 5.57. The molecule has 0 aliphatic carbocycles. The number of carbonyl (C=O) groups is 1. The molecule has 0 unspecified atom stereocenters. The van der Waals surface area contributed by atoms with Gasteiger partial charge in [0.15, 0.2) is 5.11 Å². The van der Waals surface area contributed by atoms with E-state index in [2.05, 4.69) is 16.3 Å². The van der Waals surface area contributed by atoms with Gasteiger partial charge in [0.2, 0.25) is 5.91 Å². The summed E-state index contributed by atoms with van der Waals surface area (Å²) in [6.07, 6.45) is 1.40. The van der Waals surface area contributed by atoms with E-state index in [1.54, 1.807) is 18.2 Å². The highest BCUT2D eigenvalue weighted by Gasteiger charge is 2.19. The molecule has 9 heteroatoms. The lowest BCUT2D eigenvalue weighted by Gasteiger charge is -2.35. The second kappa shape index (κ2) is 11.3. The predicted octanol–water partition coefficient (Wildman–Crippen LogP) is 3.08. The van der Waals surface area contributed by atoms with Gasteiger partial charge in [-0.15, -0.1) is 0 Å². The number of carbonyl (C=O) groups excluding carboxylic acids is 1. The van der Waals surface area contributed by atoms with E-state index >= 15 is 0 Å². The molecule has 0 bridgehead atoms. The van der Waals surface area contributed by atoms with Gasteiger partial charge in [-0.25, -0.2) is 0 Å². The summed E-state index contributed by atoms with van der Waals surface area (Å²) >= 11 is 17.2. The van der Waals surface area contributed by atoms with E-state index in [1.807, 2.05) is 4.90 Å². The van der Waals surface area contributed by atoms with Crippen LogP contribution in [0.1, 0.15) is 19.3 Å². The molecule has 27 heavy (non-hydrogen) atoms. The number of halogens is 2. The summed E-state index contributed by atoms with van der Waals surface area (Å²) in [6, 6.07) is 7.18. The average Bonchev–Trinajstić information content (AvgIpc) is 2.65. The van der Waals surface area contributed by atoms with Gasteiger partial charge in [-0.2, -0.15) is 5.26 Å². The Bertz CT molecular complexity index is 703. The van der Waals surface area contributed by atoms with Crippen molar-refractivity contribution in [1.29, 1.82) is 5.26 Å². The minimum Gasteiger partial charge on any atom is -0.492 e. The van der Waals surface area contributed by atoms with Crippen molar-refractivity contribution in [3.63, 3.8) is 0 Å². The molecule has 2 rings (SSSR count). The van der Waals surface area contributed by atoms with Gasteiger partial charge in [-0.3, -0.25) is 9.69 Å². The summed E-state index contributed by atoms with van der Waals surface area (Å²) in [6.45, 7) is 4.34. The van der Waals surface area contributed by atoms with Crippen LogP contribution in [0.25, 0.3) is 0 Å². The Morgan fingerprint density at radius 3 is 2.70 bits per heavy atom. The number of nitrogens with one attached hydrogen (secondary N) is 1. The van der Waals surface area contributed by atoms with Crippen molar-refractivity contribution in [2.24, 2.45) is 0 Å². The maximum absolute atomic E-state index is 12.1. The van der Waals surface area contributed by atoms with Gasteiger partial charge in [0, 0.05) is 50.6 Å². The zero-order valence-electron chi connectivity index (χ0n) is 14.9. The Morgan fingerprint density at radius 2 is 2.04 bits per heavy atom. The first-order chi connectivity index (χ1) is 13.0. The highest BCUT2D eigenvalue weighted by Crippen LogP contribution is 2.27. The van der Waals surface area contributed by atoms with E-state index in [0.717, 1.165) is 32.7 Å². The molecule has 0 saturated carbocycles. The van der Waals surface area contributed by atoms with E-state index in [1.165, 1.54) is 0 Å². The number of nitrogens with zero attached hydrogens (tertiary/aromatic N) is 3. The lowest BCUT2D eigenvalue weighted by Crippen LogP contribution is -2.52. The normalized spacial score (nSPS) is 14.5.